The van der Waals surface area contributed by atoms with Crippen LogP contribution in [0.1, 0.15) is 16.7 Å². The van der Waals surface area contributed by atoms with Gasteiger partial charge in [-0.15, -0.1) is 0 Å². The van der Waals surface area contributed by atoms with Crippen LogP contribution in [0.3, 0.4) is 0 Å². The molecule has 1 amide bonds. The predicted octanol–water partition coefficient (Wildman–Crippen LogP) is 1.99. The maximum atomic E-state index is 12.0. The van der Waals surface area contributed by atoms with E-state index in [9.17, 15) is 4.79 Å². The Bertz CT molecular complexity index is 833. The zero-order valence-corrected chi connectivity index (χ0v) is 13.5. The average molecular weight is 321 g/mol. The third kappa shape index (κ3) is 4.19. The molecule has 0 aliphatic carbocycles. The van der Waals surface area contributed by atoms with Crippen molar-refractivity contribution in [2.75, 3.05) is 0 Å². The summed E-state index contributed by atoms with van der Waals surface area (Å²) in [5, 5.41) is 6.98. The molecule has 0 fully saturated rings. The number of aryl methyl sites for hydroxylation is 1. The highest BCUT2D eigenvalue weighted by atomic mass is 16.1. The van der Waals surface area contributed by atoms with Gasteiger partial charge in [0.25, 0.3) is 0 Å². The number of nitrogens with one attached hydrogen (secondary N) is 1. The number of carbonyl (C=O) groups is 1. The van der Waals surface area contributed by atoms with Crippen molar-refractivity contribution < 1.29 is 4.79 Å². The number of imidazole rings is 1. The lowest BCUT2D eigenvalue weighted by Crippen LogP contribution is -2.21. The van der Waals surface area contributed by atoms with Crippen LogP contribution in [-0.4, -0.2) is 25.2 Å². The van der Waals surface area contributed by atoms with E-state index in [-0.39, 0.29) is 5.91 Å². The molecular formula is C18H19N5O. The number of rotatable bonds is 6. The van der Waals surface area contributed by atoms with Gasteiger partial charge in [0.15, 0.2) is 0 Å². The van der Waals surface area contributed by atoms with Gasteiger partial charge in [-0.25, -0.2) is 4.98 Å². The Hall–Kier alpha value is -3.15. The first kappa shape index (κ1) is 15.7. The van der Waals surface area contributed by atoms with Crippen LogP contribution in [0.25, 0.3) is 6.08 Å². The molecule has 0 atom stereocenters. The maximum absolute atomic E-state index is 12.0. The van der Waals surface area contributed by atoms with Gasteiger partial charge in [0, 0.05) is 50.4 Å². The average Bonchev–Trinajstić information content (AvgIpc) is 3.24. The molecule has 0 spiro atoms. The highest BCUT2D eigenvalue weighted by Gasteiger charge is 2.04. The Morgan fingerprint density at radius 2 is 2.12 bits per heavy atom. The van der Waals surface area contributed by atoms with Crippen LogP contribution in [0.2, 0.25) is 0 Å². The van der Waals surface area contributed by atoms with Crippen molar-refractivity contribution >= 4 is 12.0 Å². The molecule has 6 nitrogen and oxygen atoms in total. The summed E-state index contributed by atoms with van der Waals surface area (Å²) in [5.74, 6) is -0.128. The topological polar surface area (TPSA) is 64.7 Å². The van der Waals surface area contributed by atoms with Gasteiger partial charge in [-0.1, -0.05) is 24.3 Å². The van der Waals surface area contributed by atoms with E-state index in [1.54, 1.807) is 29.5 Å². The fraction of sp³-hybridized carbons (Fsp3) is 0.167. The second-order valence-corrected chi connectivity index (χ2v) is 5.50. The molecule has 0 aliphatic rings. The lowest BCUT2D eigenvalue weighted by Gasteiger charge is -2.10. The zero-order chi connectivity index (χ0) is 16.8. The summed E-state index contributed by atoms with van der Waals surface area (Å²) in [6.07, 6.45) is 12.3. The fourth-order valence-electron chi connectivity index (χ4n) is 2.40. The molecule has 122 valence electrons. The molecular weight excluding hydrogens is 302 g/mol. The van der Waals surface area contributed by atoms with Gasteiger partial charge in [-0.3, -0.25) is 9.48 Å². The number of carbonyl (C=O) groups excluding carboxylic acids is 1. The Labute approximate surface area is 140 Å². The minimum absolute atomic E-state index is 0.128. The first-order chi connectivity index (χ1) is 11.7. The van der Waals surface area contributed by atoms with Crippen molar-refractivity contribution in [2.24, 2.45) is 7.05 Å². The molecule has 6 heteroatoms. The van der Waals surface area contributed by atoms with Crippen molar-refractivity contribution in [3.63, 3.8) is 0 Å². The summed E-state index contributed by atoms with van der Waals surface area (Å²) >= 11 is 0. The Morgan fingerprint density at radius 1 is 1.29 bits per heavy atom. The minimum atomic E-state index is -0.128. The predicted molar refractivity (Wildman–Crippen MR) is 91.9 cm³/mol. The van der Waals surface area contributed by atoms with Crippen molar-refractivity contribution in [1.82, 2.24) is 24.6 Å². The molecule has 24 heavy (non-hydrogen) atoms. The van der Waals surface area contributed by atoms with Crippen LogP contribution < -0.4 is 5.32 Å². The molecule has 3 rings (SSSR count). The Balaban J connectivity index is 1.60. The normalized spacial score (nSPS) is 11.0. The summed E-state index contributed by atoms with van der Waals surface area (Å²) in [6.45, 7) is 1.22. The molecule has 0 saturated carbocycles. The van der Waals surface area contributed by atoms with Gasteiger partial charge in [-0.05, 0) is 17.2 Å². The van der Waals surface area contributed by atoms with Crippen molar-refractivity contribution in [2.45, 2.75) is 13.1 Å². The summed E-state index contributed by atoms with van der Waals surface area (Å²) in [6, 6.07) is 8.06. The van der Waals surface area contributed by atoms with Gasteiger partial charge in [0.2, 0.25) is 5.91 Å². The zero-order valence-electron chi connectivity index (χ0n) is 13.5. The fourth-order valence-corrected chi connectivity index (χ4v) is 2.40. The van der Waals surface area contributed by atoms with E-state index < -0.39 is 0 Å². The van der Waals surface area contributed by atoms with Gasteiger partial charge >= 0.3 is 0 Å². The van der Waals surface area contributed by atoms with E-state index in [1.807, 2.05) is 42.2 Å². The Morgan fingerprint density at radius 3 is 2.83 bits per heavy atom. The summed E-state index contributed by atoms with van der Waals surface area (Å²) < 4.78 is 3.70. The number of aromatic nitrogens is 4. The summed E-state index contributed by atoms with van der Waals surface area (Å²) in [7, 11) is 1.84. The van der Waals surface area contributed by atoms with E-state index in [0.717, 1.165) is 23.2 Å². The largest absolute Gasteiger partial charge is 0.348 e. The van der Waals surface area contributed by atoms with E-state index in [4.69, 9.17) is 0 Å². The smallest absolute Gasteiger partial charge is 0.244 e. The van der Waals surface area contributed by atoms with Crippen LogP contribution in [0.4, 0.5) is 0 Å². The second-order valence-electron chi connectivity index (χ2n) is 5.50. The van der Waals surface area contributed by atoms with E-state index >= 15 is 0 Å². The minimum Gasteiger partial charge on any atom is -0.348 e. The summed E-state index contributed by atoms with van der Waals surface area (Å²) in [5.41, 5.74) is 3.15. The molecule has 0 radical (unpaired) electrons. The number of nitrogens with zero attached hydrogens (tertiary/aromatic N) is 4. The highest BCUT2D eigenvalue weighted by molar-refractivity contribution is 5.91. The second kappa shape index (κ2) is 7.41. The molecule has 1 aromatic carbocycles. The number of hydrogen-bond donors (Lipinski definition) is 1. The maximum Gasteiger partial charge on any atom is 0.244 e. The quantitative estimate of drug-likeness (QED) is 0.706. The highest BCUT2D eigenvalue weighted by Crippen LogP contribution is 2.10. The van der Waals surface area contributed by atoms with E-state index in [1.165, 1.54) is 6.08 Å². The van der Waals surface area contributed by atoms with Crippen LogP contribution in [0.5, 0.6) is 0 Å². The molecule has 2 heterocycles. The van der Waals surface area contributed by atoms with Gasteiger partial charge < -0.3 is 9.88 Å². The third-order valence-corrected chi connectivity index (χ3v) is 3.64. The van der Waals surface area contributed by atoms with Gasteiger partial charge in [-0.2, -0.15) is 5.10 Å². The summed E-state index contributed by atoms with van der Waals surface area (Å²) in [4.78, 5) is 16.0. The number of amides is 1. The number of benzene rings is 1. The molecule has 2 aromatic heterocycles. The molecule has 0 aliphatic heterocycles. The SMILES string of the molecule is Cn1cc(/C=C/C(=O)NCc2ccccc2Cn2ccnc2)cn1. The molecule has 0 bridgehead atoms. The Kier molecular flexibility index (Phi) is 4.86. The molecule has 1 N–H and O–H groups in total. The van der Waals surface area contributed by atoms with E-state index in [0.29, 0.717) is 6.54 Å². The van der Waals surface area contributed by atoms with E-state index in [2.05, 4.69) is 21.5 Å². The van der Waals surface area contributed by atoms with Crippen molar-refractivity contribution in [3.8, 4) is 0 Å². The molecule has 0 unspecified atom stereocenters. The third-order valence-electron chi connectivity index (χ3n) is 3.64. The lowest BCUT2D eigenvalue weighted by atomic mass is 10.1. The monoisotopic (exact) mass is 321 g/mol. The van der Waals surface area contributed by atoms with Crippen molar-refractivity contribution in [3.05, 3.63) is 78.1 Å². The van der Waals surface area contributed by atoms with Crippen LogP contribution in [-0.2, 0) is 24.9 Å². The number of hydrogen-bond acceptors (Lipinski definition) is 3. The van der Waals surface area contributed by atoms with Gasteiger partial charge in [0.05, 0.1) is 12.5 Å². The standard InChI is InChI=1S/C18H19N5O/c1-22-12-15(10-21-22)6-7-18(24)20-11-16-4-2-3-5-17(16)13-23-9-8-19-14-23/h2-10,12,14H,11,13H2,1H3,(H,20,24)/b7-6+. The molecule has 3 aromatic rings. The first-order valence-corrected chi connectivity index (χ1v) is 7.68. The van der Waals surface area contributed by atoms with Crippen LogP contribution >= 0.6 is 0 Å². The van der Waals surface area contributed by atoms with Crippen molar-refractivity contribution in [1.29, 1.82) is 0 Å². The van der Waals surface area contributed by atoms with Crippen LogP contribution in [0, 0.1) is 0 Å². The first-order valence-electron chi connectivity index (χ1n) is 7.68. The van der Waals surface area contributed by atoms with Gasteiger partial charge in [0.1, 0.15) is 0 Å². The van der Waals surface area contributed by atoms with Crippen LogP contribution in [0.15, 0.2) is 61.5 Å². The molecule has 0 saturated heterocycles. The lowest BCUT2D eigenvalue weighted by molar-refractivity contribution is -0.116.